The molecule has 0 aliphatic heterocycles. The Bertz CT molecular complexity index is 684. The maximum absolute atomic E-state index is 12.7. The highest BCUT2D eigenvalue weighted by Crippen LogP contribution is 2.37. The molecule has 0 aliphatic rings. The van der Waals surface area contributed by atoms with Crippen LogP contribution in [0, 0.1) is 0 Å². The van der Waals surface area contributed by atoms with Crippen molar-refractivity contribution < 1.29 is 22.6 Å². The lowest BCUT2D eigenvalue weighted by Crippen LogP contribution is -2.18. The molecule has 130 valence electrons. The van der Waals surface area contributed by atoms with Crippen LogP contribution in [0.1, 0.15) is 25.3 Å². The predicted octanol–water partition coefficient (Wildman–Crippen LogP) is 4.71. The average molecular weight is 339 g/mol. The third-order valence-corrected chi connectivity index (χ3v) is 3.43. The van der Waals surface area contributed by atoms with E-state index in [-0.39, 0.29) is 30.6 Å². The Morgan fingerprint density at radius 3 is 2.46 bits per heavy atom. The summed E-state index contributed by atoms with van der Waals surface area (Å²) < 4.78 is 47.7. The average Bonchev–Trinajstić information content (AvgIpc) is 2.51. The lowest BCUT2D eigenvalue weighted by molar-refractivity contribution is -0.274. The summed E-state index contributed by atoms with van der Waals surface area (Å²) in [5.41, 5.74) is 7.40. The van der Waals surface area contributed by atoms with E-state index in [9.17, 15) is 13.2 Å². The van der Waals surface area contributed by atoms with Crippen LogP contribution in [0.4, 0.5) is 13.2 Å². The van der Waals surface area contributed by atoms with Crippen LogP contribution < -0.4 is 15.2 Å². The Morgan fingerprint density at radius 1 is 1.08 bits per heavy atom. The molecule has 0 atom stereocenters. The third-order valence-electron chi connectivity index (χ3n) is 3.43. The normalized spacial score (nSPS) is 11.6. The number of alkyl halides is 3. The van der Waals surface area contributed by atoms with E-state index < -0.39 is 6.36 Å². The van der Waals surface area contributed by atoms with Gasteiger partial charge in [-0.25, -0.2) is 0 Å². The Kier molecular flexibility index (Phi) is 5.72. The molecule has 0 saturated carbocycles. The second-order valence-electron chi connectivity index (χ2n) is 5.62. The predicted molar refractivity (Wildman–Crippen MR) is 87.2 cm³/mol. The molecular formula is C18H20F3NO2. The van der Waals surface area contributed by atoms with Crippen LogP contribution in [0.2, 0.25) is 0 Å². The molecule has 2 N–H and O–H groups in total. The maximum Gasteiger partial charge on any atom is 0.573 e. The van der Waals surface area contributed by atoms with Crippen LogP contribution in [0.15, 0.2) is 42.5 Å². The van der Waals surface area contributed by atoms with E-state index in [1.165, 1.54) is 6.07 Å². The van der Waals surface area contributed by atoms with Crippen molar-refractivity contribution in [3.8, 4) is 22.6 Å². The highest BCUT2D eigenvalue weighted by Gasteiger charge is 2.32. The van der Waals surface area contributed by atoms with E-state index in [0.29, 0.717) is 11.1 Å². The minimum absolute atomic E-state index is 0.216. The number of ether oxygens (including phenoxy) is 2. The quantitative estimate of drug-likeness (QED) is 0.829. The molecule has 0 fully saturated rings. The summed E-state index contributed by atoms with van der Waals surface area (Å²) in [7, 11) is 0. The molecule has 0 spiro atoms. The van der Waals surface area contributed by atoms with Crippen LogP contribution in [0.25, 0.3) is 11.1 Å². The molecular weight excluding hydrogens is 319 g/mol. The standard InChI is InChI=1S/C18H20F3NO2/c1-12(2)13-4-3-5-14(10-13)16-7-6-15(23-9-8-22)11-17(16)24-18(19,20)21/h3-7,10-12H,8-9,22H2,1-2H3. The molecule has 2 aromatic rings. The first kappa shape index (κ1) is 18.1. The van der Waals surface area contributed by atoms with E-state index >= 15 is 0 Å². The molecule has 0 bridgehead atoms. The van der Waals surface area contributed by atoms with Gasteiger partial charge in [0.05, 0.1) is 0 Å². The van der Waals surface area contributed by atoms with Crippen molar-refractivity contribution in [2.75, 3.05) is 13.2 Å². The molecule has 0 heterocycles. The molecule has 2 rings (SSSR count). The lowest BCUT2D eigenvalue weighted by atomic mass is 9.97. The summed E-state index contributed by atoms with van der Waals surface area (Å²) in [6, 6.07) is 11.8. The second kappa shape index (κ2) is 7.57. The Labute approximate surface area is 139 Å². The fourth-order valence-corrected chi connectivity index (χ4v) is 2.28. The zero-order valence-electron chi connectivity index (χ0n) is 13.6. The van der Waals surface area contributed by atoms with Crippen LogP contribution in [0.3, 0.4) is 0 Å². The molecule has 0 saturated heterocycles. The minimum atomic E-state index is -4.78. The minimum Gasteiger partial charge on any atom is -0.492 e. The largest absolute Gasteiger partial charge is 0.573 e. The van der Waals surface area contributed by atoms with Crippen LogP contribution in [-0.2, 0) is 0 Å². The number of rotatable bonds is 6. The van der Waals surface area contributed by atoms with E-state index in [1.54, 1.807) is 18.2 Å². The fourth-order valence-electron chi connectivity index (χ4n) is 2.28. The summed E-state index contributed by atoms with van der Waals surface area (Å²) in [5, 5.41) is 0. The highest BCUT2D eigenvalue weighted by molar-refractivity contribution is 5.72. The third kappa shape index (κ3) is 4.89. The molecule has 0 unspecified atom stereocenters. The fraction of sp³-hybridized carbons (Fsp3) is 0.333. The van der Waals surface area contributed by atoms with E-state index in [1.807, 2.05) is 32.0 Å². The van der Waals surface area contributed by atoms with E-state index in [4.69, 9.17) is 10.5 Å². The van der Waals surface area contributed by atoms with Crippen molar-refractivity contribution in [1.82, 2.24) is 0 Å². The number of hydrogen-bond acceptors (Lipinski definition) is 3. The van der Waals surface area contributed by atoms with Gasteiger partial charge in [-0.05, 0) is 29.2 Å². The first-order chi connectivity index (χ1) is 11.3. The van der Waals surface area contributed by atoms with Crippen molar-refractivity contribution in [1.29, 1.82) is 0 Å². The van der Waals surface area contributed by atoms with Gasteiger partial charge in [0.25, 0.3) is 0 Å². The molecule has 0 amide bonds. The van der Waals surface area contributed by atoms with Gasteiger partial charge in [-0.2, -0.15) is 0 Å². The van der Waals surface area contributed by atoms with Gasteiger partial charge in [0.1, 0.15) is 18.1 Å². The number of hydrogen-bond donors (Lipinski definition) is 1. The van der Waals surface area contributed by atoms with Gasteiger partial charge in [0.2, 0.25) is 0 Å². The summed E-state index contributed by atoms with van der Waals surface area (Å²) in [5.74, 6) is 0.255. The van der Waals surface area contributed by atoms with Gasteiger partial charge in [-0.15, -0.1) is 13.2 Å². The van der Waals surface area contributed by atoms with Crippen molar-refractivity contribution in [2.45, 2.75) is 26.1 Å². The molecule has 24 heavy (non-hydrogen) atoms. The SMILES string of the molecule is CC(C)c1cccc(-c2ccc(OCCN)cc2OC(F)(F)F)c1. The van der Waals surface area contributed by atoms with Gasteiger partial charge in [0.15, 0.2) is 0 Å². The number of benzene rings is 2. The van der Waals surface area contributed by atoms with Gasteiger partial charge in [-0.3, -0.25) is 0 Å². The number of nitrogens with two attached hydrogens (primary N) is 1. The first-order valence-electron chi connectivity index (χ1n) is 7.63. The smallest absolute Gasteiger partial charge is 0.492 e. The molecule has 2 aromatic carbocycles. The second-order valence-corrected chi connectivity index (χ2v) is 5.62. The van der Waals surface area contributed by atoms with Crippen molar-refractivity contribution >= 4 is 0 Å². The Morgan fingerprint density at radius 2 is 1.83 bits per heavy atom. The summed E-state index contributed by atoms with van der Waals surface area (Å²) in [6.45, 7) is 4.53. The van der Waals surface area contributed by atoms with Crippen molar-refractivity contribution in [3.63, 3.8) is 0 Å². The first-order valence-corrected chi connectivity index (χ1v) is 7.63. The zero-order valence-corrected chi connectivity index (χ0v) is 13.6. The van der Waals surface area contributed by atoms with Gasteiger partial charge in [-0.1, -0.05) is 38.1 Å². The Balaban J connectivity index is 2.45. The van der Waals surface area contributed by atoms with Gasteiger partial charge >= 0.3 is 6.36 Å². The van der Waals surface area contributed by atoms with Gasteiger partial charge in [0, 0.05) is 18.2 Å². The zero-order chi connectivity index (χ0) is 17.7. The molecule has 6 heteroatoms. The van der Waals surface area contributed by atoms with Crippen LogP contribution in [-0.4, -0.2) is 19.5 Å². The lowest BCUT2D eigenvalue weighted by Gasteiger charge is -2.16. The molecule has 0 aromatic heterocycles. The van der Waals surface area contributed by atoms with Crippen molar-refractivity contribution in [3.05, 3.63) is 48.0 Å². The molecule has 0 radical (unpaired) electrons. The molecule has 0 aliphatic carbocycles. The number of halogens is 3. The Hall–Kier alpha value is -2.21. The summed E-state index contributed by atoms with van der Waals surface area (Å²) in [6.07, 6.45) is -4.78. The van der Waals surface area contributed by atoms with Crippen LogP contribution in [0.5, 0.6) is 11.5 Å². The van der Waals surface area contributed by atoms with E-state index in [0.717, 1.165) is 5.56 Å². The molecule has 3 nitrogen and oxygen atoms in total. The maximum atomic E-state index is 12.7. The monoisotopic (exact) mass is 339 g/mol. The topological polar surface area (TPSA) is 44.5 Å². The summed E-state index contributed by atoms with van der Waals surface area (Å²) in [4.78, 5) is 0. The van der Waals surface area contributed by atoms with Crippen LogP contribution >= 0.6 is 0 Å². The van der Waals surface area contributed by atoms with Gasteiger partial charge < -0.3 is 15.2 Å². The summed E-state index contributed by atoms with van der Waals surface area (Å²) >= 11 is 0. The highest BCUT2D eigenvalue weighted by atomic mass is 19.4. The van der Waals surface area contributed by atoms with E-state index in [2.05, 4.69) is 4.74 Å². The van der Waals surface area contributed by atoms with Crippen molar-refractivity contribution in [2.24, 2.45) is 5.73 Å².